The van der Waals surface area contributed by atoms with Crippen LogP contribution in [0.25, 0.3) is 21.8 Å². The predicted molar refractivity (Wildman–Crippen MR) is 118 cm³/mol. The smallest absolute Gasteiger partial charge is 0.261 e. The lowest BCUT2D eigenvalue weighted by atomic mass is 10.1. The van der Waals surface area contributed by atoms with Gasteiger partial charge in [0.05, 0.1) is 22.8 Å². The molecule has 0 aliphatic carbocycles. The molecule has 0 atom stereocenters. The maximum absolute atomic E-state index is 12.9. The van der Waals surface area contributed by atoms with Crippen molar-refractivity contribution in [1.82, 2.24) is 14.5 Å². The number of aromatic amines is 1. The average molecular weight is 402 g/mol. The molecule has 2 N–H and O–H groups in total. The Morgan fingerprint density at radius 1 is 1.10 bits per heavy atom. The second kappa shape index (κ2) is 7.94. The van der Waals surface area contributed by atoms with Gasteiger partial charge < -0.3 is 10.3 Å². The highest BCUT2D eigenvalue weighted by Crippen LogP contribution is 2.19. The van der Waals surface area contributed by atoms with Crippen LogP contribution >= 0.6 is 0 Å². The van der Waals surface area contributed by atoms with E-state index in [2.05, 4.69) is 29.1 Å². The number of hydrogen-bond acceptors (Lipinski definition) is 4. The summed E-state index contributed by atoms with van der Waals surface area (Å²) in [4.78, 5) is 44.7. The van der Waals surface area contributed by atoms with Crippen molar-refractivity contribution in [3.05, 3.63) is 81.1 Å². The van der Waals surface area contributed by atoms with Crippen molar-refractivity contribution >= 4 is 33.4 Å². The van der Waals surface area contributed by atoms with E-state index in [1.807, 2.05) is 0 Å². The molecule has 1 amide bonds. The number of rotatable bonds is 5. The Hall–Kier alpha value is -3.74. The predicted octanol–water partition coefficient (Wildman–Crippen LogP) is 3.54. The third-order valence-electron chi connectivity index (χ3n) is 5.02. The maximum atomic E-state index is 12.9. The van der Waals surface area contributed by atoms with Gasteiger partial charge in [0.2, 0.25) is 5.56 Å². The molecule has 4 rings (SSSR count). The molecular formula is C23H22N4O3. The quantitative estimate of drug-likeness (QED) is 0.534. The number of para-hydroxylation sites is 1. The second-order valence-electron chi connectivity index (χ2n) is 7.70. The molecule has 152 valence electrons. The summed E-state index contributed by atoms with van der Waals surface area (Å²) in [5, 5.41) is 3.89. The molecule has 7 heteroatoms. The van der Waals surface area contributed by atoms with Gasteiger partial charge in [-0.3, -0.25) is 19.0 Å². The molecule has 0 saturated carbocycles. The zero-order valence-electron chi connectivity index (χ0n) is 16.8. The number of H-pyrrole nitrogens is 1. The highest BCUT2D eigenvalue weighted by molar-refractivity contribution is 6.12. The van der Waals surface area contributed by atoms with Gasteiger partial charge in [-0.15, -0.1) is 0 Å². The van der Waals surface area contributed by atoms with Crippen LogP contribution in [0.15, 0.2) is 64.4 Å². The summed E-state index contributed by atoms with van der Waals surface area (Å²) in [5.41, 5.74) is 1.41. The van der Waals surface area contributed by atoms with Gasteiger partial charge in [-0.25, -0.2) is 4.98 Å². The molecule has 4 aromatic rings. The molecule has 2 heterocycles. The summed E-state index contributed by atoms with van der Waals surface area (Å²) in [7, 11) is 0. The number of fused-ring (bicyclic) bond motifs is 2. The van der Waals surface area contributed by atoms with Crippen molar-refractivity contribution in [2.45, 2.75) is 26.8 Å². The highest BCUT2D eigenvalue weighted by Gasteiger charge is 2.13. The van der Waals surface area contributed by atoms with Gasteiger partial charge in [-0.05, 0) is 36.6 Å². The first-order valence-corrected chi connectivity index (χ1v) is 9.85. The number of nitrogens with zero attached hydrogens (tertiary/aromatic N) is 2. The van der Waals surface area contributed by atoms with Crippen molar-refractivity contribution < 1.29 is 4.79 Å². The fourth-order valence-corrected chi connectivity index (χ4v) is 3.38. The minimum Gasteiger partial charge on any atom is -0.322 e. The monoisotopic (exact) mass is 402 g/mol. The number of carbonyl (C=O) groups is 1. The number of amides is 1. The van der Waals surface area contributed by atoms with Crippen LogP contribution in [0.4, 0.5) is 5.69 Å². The van der Waals surface area contributed by atoms with Gasteiger partial charge in [-0.1, -0.05) is 32.0 Å². The first-order chi connectivity index (χ1) is 14.4. The van der Waals surface area contributed by atoms with Gasteiger partial charge in [-0.2, -0.15) is 0 Å². The number of hydrogen-bond donors (Lipinski definition) is 2. The van der Waals surface area contributed by atoms with Gasteiger partial charge in [0.25, 0.3) is 11.5 Å². The number of carbonyl (C=O) groups excluding carboxylic acids is 1. The molecule has 0 saturated heterocycles. The van der Waals surface area contributed by atoms with E-state index in [1.54, 1.807) is 53.4 Å². The molecule has 30 heavy (non-hydrogen) atoms. The van der Waals surface area contributed by atoms with E-state index in [0.29, 0.717) is 40.0 Å². The van der Waals surface area contributed by atoms with E-state index in [4.69, 9.17) is 0 Å². The van der Waals surface area contributed by atoms with E-state index in [0.717, 1.165) is 6.42 Å². The van der Waals surface area contributed by atoms with E-state index >= 15 is 0 Å². The summed E-state index contributed by atoms with van der Waals surface area (Å²) >= 11 is 0. The largest absolute Gasteiger partial charge is 0.322 e. The first-order valence-electron chi connectivity index (χ1n) is 9.85. The Labute approximate surface area is 172 Å². The fourth-order valence-electron chi connectivity index (χ4n) is 3.38. The molecule has 0 spiro atoms. The van der Waals surface area contributed by atoms with Crippen molar-refractivity contribution in [2.24, 2.45) is 5.92 Å². The number of benzene rings is 2. The van der Waals surface area contributed by atoms with E-state index < -0.39 is 5.91 Å². The Kier molecular flexibility index (Phi) is 5.18. The number of nitrogens with one attached hydrogen (secondary N) is 2. The standard InChI is InChI=1S/C23H22N4O3/c1-14(2)9-10-27-13-24-19-8-7-15(11-18(19)23(27)30)25-22(29)17-12-21(28)26-20-6-4-3-5-16(17)20/h3-8,11-14H,9-10H2,1-2H3,(H,25,29)(H,26,28). The van der Waals surface area contributed by atoms with Gasteiger partial charge in [0.15, 0.2) is 0 Å². The number of aryl methyl sites for hydroxylation is 1. The highest BCUT2D eigenvalue weighted by atomic mass is 16.2. The van der Waals surface area contributed by atoms with Crippen LogP contribution in [0.3, 0.4) is 0 Å². The molecule has 0 unspecified atom stereocenters. The molecule has 0 radical (unpaired) electrons. The Bertz CT molecular complexity index is 1370. The molecule has 7 nitrogen and oxygen atoms in total. The van der Waals surface area contributed by atoms with Crippen LogP contribution in [-0.4, -0.2) is 20.4 Å². The van der Waals surface area contributed by atoms with E-state index in [1.165, 1.54) is 6.07 Å². The van der Waals surface area contributed by atoms with Crippen molar-refractivity contribution in [3.63, 3.8) is 0 Å². The SMILES string of the molecule is CC(C)CCn1cnc2ccc(NC(=O)c3cc(=O)[nH]c4ccccc34)cc2c1=O. The topological polar surface area (TPSA) is 96.8 Å². The molecular weight excluding hydrogens is 380 g/mol. The van der Waals surface area contributed by atoms with Crippen LogP contribution in [-0.2, 0) is 6.54 Å². The lowest BCUT2D eigenvalue weighted by molar-refractivity contribution is 0.102. The Morgan fingerprint density at radius 2 is 1.90 bits per heavy atom. The third-order valence-corrected chi connectivity index (χ3v) is 5.02. The van der Waals surface area contributed by atoms with Crippen molar-refractivity contribution in [3.8, 4) is 0 Å². The lowest BCUT2D eigenvalue weighted by Gasteiger charge is -2.10. The lowest BCUT2D eigenvalue weighted by Crippen LogP contribution is -2.22. The minimum absolute atomic E-state index is 0.140. The number of aromatic nitrogens is 3. The summed E-state index contributed by atoms with van der Waals surface area (Å²) in [6, 6.07) is 13.4. The van der Waals surface area contributed by atoms with Crippen LogP contribution in [0, 0.1) is 5.92 Å². The maximum Gasteiger partial charge on any atom is 0.261 e. The molecule has 2 aromatic carbocycles. The summed E-state index contributed by atoms with van der Waals surface area (Å²) in [6.07, 6.45) is 2.44. The Morgan fingerprint density at radius 3 is 2.70 bits per heavy atom. The first kappa shape index (κ1) is 19.6. The average Bonchev–Trinajstić information content (AvgIpc) is 2.72. The molecule has 2 aromatic heterocycles. The third kappa shape index (κ3) is 3.87. The van der Waals surface area contributed by atoms with Crippen LogP contribution < -0.4 is 16.4 Å². The van der Waals surface area contributed by atoms with Crippen molar-refractivity contribution in [1.29, 1.82) is 0 Å². The summed E-state index contributed by atoms with van der Waals surface area (Å²) < 4.78 is 1.60. The molecule has 0 fully saturated rings. The fraction of sp³-hybridized carbons (Fsp3) is 0.217. The Balaban J connectivity index is 1.69. The van der Waals surface area contributed by atoms with Crippen LogP contribution in [0.2, 0.25) is 0 Å². The normalized spacial score (nSPS) is 11.3. The van der Waals surface area contributed by atoms with Crippen LogP contribution in [0.5, 0.6) is 0 Å². The summed E-state index contributed by atoms with van der Waals surface area (Å²) in [5.74, 6) is 0.0581. The minimum atomic E-state index is -0.416. The number of pyridine rings is 1. The summed E-state index contributed by atoms with van der Waals surface area (Å²) in [6.45, 7) is 4.80. The van der Waals surface area contributed by atoms with E-state index in [-0.39, 0.29) is 16.7 Å². The second-order valence-corrected chi connectivity index (χ2v) is 7.70. The zero-order chi connectivity index (χ0) is 21.3. The van der Waals surface area contributed by atoms with Crippen molar-refractivity contribution in [2.75, 3.05) is 5.32 Å². The number of anilines is 1. The van der Waals surface area contributed by atoms with Crippen LogP contribution in [0.1, 0.15) is 30.6 Å². The zero-order valence-corrected chi connectivity index (χ0v) is 16.8. The molecule has 0 aliphatic rings. The van der Waals surface area contributed by atoms with E-state index in [9.17, 15) is 14.4 Å². The molecule has 0 bridgehead atoms. The van der Waals surface area contributed by atoms with Gasteiger partial charge in [0.1, 0.15) is 0 Å². The molecule has 0 aliphatic heterocycles. The van der Waals surface area contributed by atoms with Gasteiger partial charge >= 0.3 is 0 Å². The van der Waals surface area contributed by atoms with Gasteiger partial charge in [0, 0.05) is 29.2 Å².